The van der Waals surface area contributed by atoms with Gasteiger partial charge in [0.1, 0.15) is 12.9 Å². The molecule has 0 aliphatic rings. The molecule has 118 valence electrons. The maximum atomic E-state index is 14.2. The van der Waals surface area contributed by atoms with Gasteiger partial charge in [0.2, 0.25) is 5.69 Å². The highest BCUT2D eigenvalue weighted by Gasteiger charge is 2.23. The van der Waals surface area contributed by atoms with Gasteiger partial charge in [0.15, 0.2) is 5.69 Å². The highest BCUT2D eigenvalue weighted by atomic mass is 19.1. The van der Waals surface area contributed by atoms with Crippen LogP contribution in [0.1, 0.15) is 27.9 Å². The molecule has 0 saturated heterocycles. The fourth-order valence-electron chi connectivity index (χ4n) is 3.43. The molecule has 0 aliphatic carbocycles. The van der Waals surface area contributed by atoms with Crippen LogP contribution in [-0.2, 0) is 7.05 Å². The van der Waals surface area contributed by atoms with Gasteiger partial charge in [0.25, 0.3) is 0 Å². The van der Waals surface area contributed by atoms with Gasteiger partial charge in [-0.05, 0) is 61.9 Å². The summed E-state index contributed by atoms with van der Waals surface area (Å²) in [5, 5.41) is 2.48. The molecule has 0 saturated carbocycles. The van der Waals surface area contributed by atoms with Gasteiger partial charge in [-0.25, -0.2) is 4.39 Å². The van der Waals surface area contributed by atoms with E-state index < -0.39 is 0 Å². The van der Waals surface area contributed by atoms with E-state index in [4.69, 9.17) is 0 Å². The molecule has 23 heavy (non-hydrogen) atoms. The van der Waals surface area contributed by atoms with E-state index in [1.165, 1.54) is 22.0 Å². The Balaban J connectivity index is 2.52. The summed E-state index contributed by atoms with van der Waals surface area (Å²) < 4.78 is 16.5. The lowest BCUT2D eigenvalue weighted by atomic mass is 9.92. The van der Waals surface area contributed by atoms with Gasteiger partial charge in [0, 0.05) is 12.5 Å². The first-order chi connectivity index (χ1) is 10.8. The molecule has 0 fully saturated rings. The van der Waals surface area contributed by atoms with Crippen molar-refractivity contribution in [2.24, 2.45) is 7.05 Å². The van der Waals surface area contributed by atoms with E-state index in [1.807, 2.05) is 26.8 Å². The third kappa shape index (κ3) is 2.24. The second kappa shape index (κ2) is 5.45. The van der Waals surface area contributed by atoms with Crippen LogP contribution in [0.2, 0.25) is 0 Å². The Morgan fingerprint density at radius 2 is 1.43 bits per heavy atom. The normalized spacial score (nSPS) is 11.3. The Labute approximate surface area is 137 Å². The second-order valence-corrected chi connectivity index (χ2v) is 6.47. The van der Waals surface area contributed by atoms with Crippen LogP contribution in [0.5, 0.6) is 0 Å². The average molecular weight is 308 g/mol. The van der Waals surface area contributed by atoms with Crippen molar-refractivity contribution in [3.63, 3.8) is 0 Å². The van der Waals surface area contributed by atoms with Crippen molar-refractivity contribution in [2.45, 2.75) is 34.6 Å². The first kappa shape index (κ1) is 15.7. The van der Waals surface area contributed by atoms with Crippen molar-refractivity contribution >= 4 is 10.8 Å². The Morgan fingerprint density at radius 1 is 0.826 bits per heavy atom. The largest absolute Gasteiger partial charge is 0.220 e. The Hall–Kier alpha value is -2.22. The van der Waals surface area contributed by atoms with Gasteiger partial charge >= 0.3 is 0 Å². The van der Waals surface area contributed by atoms with Crippen molar-refractivity contribution in [3.8, 4) is 11.3 Å². The Kier molecular flexibility index (Phi) is 3.71. The molecule has 0 radical (unpaired) electrons. The topological polar surface area (TPSA) is 3.88 Å². The van der Waals surface area contributed by atoms with Crippen LogP contribution in [0.15, 0.2) is 30.3 Å². The number of pyridine rings is 1. The summed E-state index contributed by atoms with van der Waals surface area (Å²) >= 11 is 0. The molecule has 0 atom stereocenters. The van der Waals surface area contributed by atoms with Gasteiger partial charge in [-0.15, -0.1) is 0 Å². The maximum Gasteiger partial charge on any atom is 0.220 e. The van der Waals surface area contributed by atoms with E-state index in [1.54, 1.807) is 0 Å². The summed E-state index contributed by atoms with van der Waals surface area (Å²) in [5.41, 5.74) is 7.25. The smallest absolute Gasteiger partial charge is 0.206 e. The molecular formula is C21H23FN+. The third-order valence-corrected chi connectivity index (χ3v) is 5.23. The molecule has 0 N–H and O–H groups in total. The summed E-state index contributed by atoms with van der Waals surface area (Å²) in [7, 11) is 2.09. The average Bonchev–Trinajstić information content (AvgIpc) is 2.55. The van der Waals surface area contributed by atoms with Gasteiger partial charge < -0.3 is 0 Å². The fraction of sp³-hybridized carbons (Fsp3) is 0.286. The quantitative estimate of drug-likeness (QED) is 0.556. The van der Waals surface area contributed by atoms with Gasteiger partial charge in [-0.3, -0.25) is 0 Å². The number of benzene rings is 2. The van der Waals surface area contributed by atoms with E-state index in [9.17, 15) is 4.39 Å². The SMILES string of the molecule is Cc1cc(-c2c3ccccc3c(C)c(C)[n+]2C)c(C)c(C)c1F. The number of hydrogen-bond donors (Lipinski definition) is 0. The zero-order valence-corrected chi connectivity index (χ0v) is 14.7. The first-order valence-electron chi connectivity index (χ1n) is 7.99. The van der Waals surface area contributed by atoms with Gasteiger partial charge in [-0.1, -0.05) is 18.2 Å². The van der Waals surface area contributed by atoms with E-state index >= 15 is 0 Å². The lowest BCUT2D eigenvalue weighted by Gasteiger charge is -2.15. The number of hydrogen-bond acceptors (Lipinski definition) is 0. The van der Waals surface area contributed by atoms with Gasteiger partial charge in [0.05, 0.1) is 10.9 Å². The highest BCUT2D eigenvalue weighted by molar-refractivity contribution is 5.96. The van der Waals surface area contributed by atoms with Crippen LogP contribution in [0, 0.1) is 40.4 Å². The molecule has 1 aromatic heterocycles. The lowest BCUT2D eigenvalue weighted by molar-refractivity contribution is -0.665. The number of nitrogens with zero attached hydrogens (tertiary/aromatic N) is 1. The zero-order chi connectivity index (χ0) is 16.9. The Bertz CT molecular complexity index is 939. The number of aromatic nitrogens is 1. The molecule has 0 bridgehead atoms. The third-order valence-electron chi connectivity index (χ3n) is 5.23. The minimum atomic E-state index is -0.0953. The standard InChI is InChI=1S/C21H23FN/c1-12-11-19(13(2)14(3)20(12)22)21-18-10-8-7-9-17(18)15(4)16(5)23(21)6/h7-11H,1-6H3/q+1. The van der Waals surface area contributed by atoms with Crippen LogP contribution in [-0.4, -0.2) is 0 Å². The summed E-state index contributed by atoms with van der Waals surface area (Å²) in [5.74, 6) is -0.0953. The van der Waals surface area contributed by atoms with Crippen molar-refractivity contribution < 1.29 is 8.96 Å². The molecular weight excluding hydrogens is 285 g/mol. The highest BCUT2D eigenvalue weighted by Crippen LogP contribution is 2.33. The Morgan fingerprint density at radius 3 is 2.09 bits per heavy atom. The predicted molar refractivity (Wildman–Crippen MR) is 94.2 cm³/mol. The van der Waals surface area contributed by atoms with E-state index in [0.717, 1.165) is 22.4 Å². The molecule has 1 heterocycles. The van der Waals surface area contributed by atoms with Crippen LogP contribution in [0.25, 0.3) is 22.0 Å². The van der Waals surface area contributed by atoms with Crippen molar-refractivity contribution in [1.29, 1.82) is 0 Å². The van der Waals surface area contributed by atoms with Crippen molar-refractivity contribution in [3.05, 3.63) is 64.1 Å². The minimum absolute atomic E-state index is 0.0953. The summed E-state index contributed by atoms with van der Waals surface area (Å²) in [6, 6.07) is 10.4. The van der Waals surface area contributed by atoms with Crippen molar-refractivity contribution in [1.82, 2.24) is 0 Å². The summed E-state index contributed by atoms with van der Waals surface area (Å²) in [6.07, 6.45) is 0. The molecule has 0 spiro atoms. The second-order valence-electron chi connectivity index (χ2n) is 6.47. The minimum Gasteiger partial charge on any atom is -0.206 e. The predicted octanol–water partition coefficient (Wildman–Crippen LogP) is 5.01. The molecule has 3 aromatic rings. The number of aryl methyl sites for hydroxylation is 2. The van der Waals surface area contributed by atoms with Crippen LogP contribution < -0.4 is 4.57 Å². The molecule has 2 aromatic carbocycles. The molecule has 0 unspecified atom stereocenters. The number of fused-ring (bicyclic) bond motifs is 1. The maximum absolute atomic E-state index is 14.2. The zero-order valence-electron chi connectivity index (χ0n) is 14.7. The summed E-state index contributed by atoms with van der Waals surface area (Å²) in [6.45, 7) is 10.0. The van der Waals surface area contributed by atoms with Crippen LogP contribution >= 0.6 is 0 Å². The molecule has 2 heteroatoms. The molecule has 0 aliphatic heterocycles. The van der Waals surface area contributed by atoms with E-state index in [0.29, 0.717) is 5.56 Å². The van der Waals surface area contributed by atoms with Crippen LogP contribution in [0.4, 0.5) is 4.39 Å². The fourth-order valence-corrected chi connectivity index (χ4v) is 3.43. The molecule has 3 rings (SSSR count). The number of rotatable bonds is 1. The summed E-state index contributed by atoms with van der Waals surface area (Å²) in [4.78, 5) is 0. The van der Waals surface area contributed by atoms with E-state index in [2.05, 4.69) is 49.7 Å². The molecule has 1 nitrogen and oxygen atoms in total. The first-order valence-corrected chi connectivity index (χ1v) is 7.99. The van der Waals surface area contributed by atoms with Gasteiger partial charge in [-0.2, -0.15) is 4.57 Å². The number of halogens is 1. The van der Waals surface area contributed by atoms with E-state index in [-0.39, 0.29) is 5.82 Å². The lowest BCUT2D eigenvalue weighted by Crippen LogP contribution is -2.36. The monoisotopic (exact) mass is 308 g/mol. The van der Waals surface area contributed by atoms with Crippen molar-refractivity contribution in [2.75, 3.05) is 0 Å². The van der Waals surface area contributed by atoms with Crippen LogP contribution in [0.3, 0.4) is 0 Å². The molecule has 0 amide bonds.